The van der Waals surface area contributed by atoms with Crippen molar-refractivity contribution in [3.63, 3.8) is 0 Å². The van der Waals surface area contributed by atoms with Gasteiger partial charge in [0.05, 0.1) is 0 Å². The van der Waals surface area contributed by atoms with E-state index in [-0.39, 0.29) is 5.78 Å². The Kier molecular flexibility index (Phi) is 3.05. The van der Waals surface area contributed by atoms with Gasteiger partial charge >= 0.3 is 0 Å². The normalized spacial score (nSPS) is 11.4. The molecule has 0 aliphatic rings. The molecular formula is C15H19NO. The summed E-state index contributed by atoms with van der Waals surface area (Å²) >= 11 is 0. The summed E-state index contributed by atoms with van der Waals surface area (Å²) in [7, 11) is 0. The van der Waals surface area contributed by atoms with Gasteiger partial charge in [0.1, 0.15) is 5.78 Å². The van der Waals surface area contributed by atoms with Crippen molar-refractivity contribution in [1.82, 2.24) is 4.57 Å². The lowest BCUT2D eigenvalue weighted by Crippen LogP contribution is -2.08. The summed E-state index contributed by atoms with van der Waals surface area (Å²) < 4.78 is 2.27. The highest BCUT2D eigenvalue weighted by atomic mass is 16.1. The van der Waals surface area contributed by atoms with E-state index in [1.54, 1.807) is 6.92 Å². The van der Waals surface area contributed by atoms with Gasteiger partial charge in [0.15, 0.2) is 0 Å². The van der Waals surface area contributed by atoms with Gasteiger partial charge in [0, 0.05) is 23.7 Å². The summed E-state index contributed by atoms with van der Waals surface area (Å²) in [5.41, 5.74) is 3.61. The van der Waals surface area contributed by atoms with Crippen LogP contribution in [0.4, 0.5) is 0 Å². The number of aryl methyl sites for hydroxylation is 1. The van der Waals surface area contributed by atoms with E-state index in [0.29, 0.717) is 12.5 Å². The predicted octanol–water partition coefficient (Wildman–Crippen LogP) is 3.66. The van der Waals surface area contributed by atoms with Gasteiger partial charge in [-0.2, -0.15) is 0 Å². The lowest BCUT2D eigenvalue weighted by atomic mass is 10.2. The van der Waals surface area contributed by atoms with Crippen molar-refractivity contribution < 1.29 is 4.79 Å². The summed E-state index contributed by atoms with van der Waals surface area (Å²) in [5, 5.41) is 1.22. The number of rotatable bonds is 3. The van der Waals surface area contributed by atoms with Crippen LogP contribution in [0, 0.1) is 6.92 Å². The number of fused-ring (bicyclic) bond motifs is 1. The molecule has 90 valence electrons. The minimum atomic E-state index is 0.214. The Morgan fingerprint density at radius 3 is 2.59 bits per heavy atom. The molecule has 0 bridgehead atoms. The van der Waals surface area contributed by atoms with Crippen LogP contribution in [0.25, 0.3) is 10.9 Å². The zero-order chi connectivity index (χ0) is 12.6. The second-order valence-electron chi connectivity index (χ2n) is 5.04. The second kappa shape index (κ2) is 4.36. The van der Waals surface area contributed by atoms with Crippen molar-refractivity contribution in [3.05, 3.63) is 35.5 Å². The lowest BCUT2D eigenvalue weighted by Gasteiger charge is -2.14. The minimum Gasteiger partial charge on any atom is -0.342 e. The standard InChI is InChI=1S/C15H19NO/c1-10(2)16-14(8-12(4)17)9-13-6-5-11(3)7-15(13)16/h5-7,9-10H,8H2,1-4H3. The van der Waals surface area contributed by atoms with Crippen molar-refractivity contribution in [2.75, 3.05) is 0 Å². The molecule has 2 heteroatoms. The molecule has 0 N–H and O–H groups in total. The Labute approximate surface area is 102 Å². The molecule has 2 rings (SSSR count). The van der Waals surface area contributed by atoms with E-state index in [9.17, 15) is 4.79 Å². The Morgan fingerprint density at radius 2 is 2.00 bits per heavy atom. The summed E-state index contributed by atoms with van der Waals surface area (Å²) in [5.74, 6) is 0.214. The van der Waals surface area contributed by atoms with Crippen molar-refractivity contribution in [1.29, 1.82) is 0 Å². The van der Waals surface area contributed by atoms with E-state index >= 15 is 0 Å². The molecule has 0 saturated heterocycles. The van der Waals surface area contributed by atoms with Crippen LogP contribution in [-0.4, -0.2) is 10.4 Å². The summed E-state index contributed by atoms with van der Waals surface area (Å²) in [6.07, 6.45) is 0.520. The topological polar surface area (TPSA) is 22.0 Å². The molecule has 1 heterocycles. The quantitative estimate of drug-likeness (QED) is 0.787. The number of benzene rings is 1. The highest BCUT2D eigenvalue weighted by Crippen LogP contribution is 2.25. The third kappa shape index (κ3) is 2.26. The number of carbonyl (C=O) groups is 1. The molecule has 0 spiro atoms. The molecule has 0 atom stereocenters. The van der Waals surface area contributed by atoms with Crippen LogP contribution in [0.15, 0.2) is 24.3 Å². The monoisotopic (exact) mass is 229 g/mol. The van der Waals surface area contributed by atoms with Gasteiger partial charge in [-0.1, -0.05) is 12.1 Å². The average molecular weight is 229 g/mol. The molecule has 2 aromatic rings. The van der Waals surface area contributed by atoms with Crippen LogP contribution in [0.3, 0.4) is 0 Å². The molecule has 1 aromatic heterocycles. The molecule has 0 aliphatic heterocycles. The van der Waals surface area contributed by atoms with Crippen LogP contribution in [0.1, 0.15) is 38.1 Å². The molecule has 0 amide bonds. The maximum atomic E-state index is 11.3. The van der Waals surface area contributed by atoms with E-state index in [1.807, 2.05) is 0 Å². The van der Waals surface area contributed by atoms with E-state index in [0.717, 1.165) is 5.69 Å². The first kappa shape index (κ1) is 11.9. The molecule has 2 nitrogen and oxygen atoms in total. The van der Waals surface area contributed by atoms with Gasteiger partial charge in [0.25, 0.3) is 0 Å². The first-order chi connectivity index (χ1) is 7.99. The summed E-state index contributed by atoms with van der Waals surface area (Å²) in [6, 6.07) is 8.95. The Balaban J connectivity index is 2.66. The van der Waals surface area contributed by atoms with E-state index in [4.69, 9.17) is 0 Å². The van der Waals surface area contributed by atoms with Gasteiger partial charge in [-0.05, 0) is 50.8 Å². The van der Waals surface area contributed by atoms with Crippen LogP contribution >= 0.6 is 0 Å². The Hall–Kier alpha value is -1.57. The van der Waals surface area contributed by atoms with Gasteiger partial charge in [-0.25, -0.2) is 0 Å². The fourth-order valence-electron chi connectivity index (χ4n) is 2.39. The fourth-order valence-corrected chi connectivity index (χ4v) is 2.39. The first-order valence-corrected chi connectivity index (χ1v) is 6.09. The number of ketones is 1. The number of aromatic nitrogens is 1. The number of carbonyl (C=O) groups excluding carboxylic acids is 1. The van der Waals surface area contributed by atoms with Crippen LogP contribution in [-0.2, 0) is 11.2 Å². The third-order valence-corrected chi connectivity index (χ3v) is 3.02. The van der Waals surface area contributed by atoms with E-state index < -0.39 is 0 Å². The van der Waals surface area contributed by atoms with Crippen LogP contribution < -0.4 is 0 Å². The highest BCUT2D eigenvalue weighted by molar-refractivity contribution is 5.85. The molecule has 0 saturated carbocycles. The SMILES string of the molecule is CC(=O)Cc1cc2ccc(C)cc2n1C(C)C. The minimum absolute atomic E-state index is 0.214. The van der Waals surface area contributed by atoms with E-state index in [2.05, 4.69) is 49.6 Å². The highest BCUT2D eigenvalue weighted by Gasteiger charge is 2.12. The molecule has 1 aromatic carbocycles. The number of Topliss-reactive ketones (excluding diaryl/α,β-unsaturated/α-hetero) is 1. The first-order valence-electron chi connectivity index (χ1n) is 6.09. The van der Waals surface area contributed by atoms with Crippen molar-refractivity contribution in [3.8, 4) is 0 Å². The molecular weight excluding hydrogens is 210 g/mol. The second-order valence-corrected chi connectivity index (χ2v) is 5.04. The smallest absolute Gasteiger partial charge is 0.135 e. The van der Waals surface area contributed by atoms with Crippen molar-refractivity contribution in [2.45, 2.75) is 40.2 Å². The number of hydrogen-bond acceptors (Lipinski definition) is 1. The van der Waals surface area contributed by atoms with Gasteiger partial charge in [0.2, 0.25) is 0 Å². The number of hydrogen-bond donors (Lipinski definition) is 0. The summed E-state index contributed by atoms with van der Waals surface area (Å²) in [4.78, 5) is 11.3. The molecule has 17 heavy (non-hydrogen) atoms. The molecule has 0 fully saturated rings. The zero-order valence-electron chi connectivity index (χ0n) is 10.9. The van der Waals surface area contributed by atoms with Crippen LogP contribution in [0.5, 0.6) is 0 Å². The molecule has 0 radical (unpaired) electrons. The number of nitrogens with zero attached hydrogens (tertiary/aromatic N) is 1. The predicted molar refractivity (Wildman–Crippen MR) is 71.4 cm³/mol. The zero-order valence-corrected chi connectivity index (χ0v) is 10.9. The maximum absolute atomic E-state index is 11.3. The lowest BCUT2D eigenvalue weighted by molar-refractivity contribution is -0.116. The Bertz CT molecular complexity index is 564. The molecule has 0 unspecified atom stereocenters. The fraction of sp³-hybridized carbons (Fsp3) is 0.400. The van der Waals surface area contributed by atoms with E-state index in [1.165, 1.54) is 16.5 Å². The van der Waals surface area contributed by atoms with Gasteiger partial charge in [-0.3, -0.25) is 4.79 Å². The maximum Gasteiger partial charge on any atom is 0.135 e. The third-order valence-electron chi connectivity index (χ3n) is 3.02. The average Bonchev–Trinajstić information content (AvgIpc) is 2.53. The largest absolute Gasteiger partial charge is 0.342 e. The van der Waals surface area contributed by atoms with Crippen molar-refractivity contribution in [2.24, 2.45) is 0 Å². The van der Waals surface area contributed by atoms with Gasteiger partial charge in [-0.15, -0.1) is 0 Å². The molecule has 0 aliphatic carbocycles. The van der Waals surface area contributed by atoms with Gasteiger partial charge < -0.3 is 4.57 Å². The summed E-state index contributed by atoms with van der Waals surface area (Å²) in [6.45, 7) is 8.06. The Morgan fingerprint density at radius 1 is 1.29 bits per heavy atom. The van der Waals surface area contributed by atoms with Crippen LogP contribution in [0.2, 0.25) is 0 Å². The van der Waals surface area contributed by atoms with Crippen molar-refractivity contribution >= 4 is 16.7 Å².